The molecule has 0 radical (unpaired) electrons. The molecule has 0 unspecified atom stereocenters. The first kappa shape index (κ1) is 10.1. The van der Waals surface area contributed by atoms with Crippen LogP contribution in [0.2, 0.25) is 0 Å². The fourth-order valence-electron chi connectivity index (χ4n) is 1.58. The predicted octanol–water partition coefficient (Wildman–Crippen LogP) is 1.88. The van der Waals surface area contributed by atoms with Crippen molar-refractivity contribution in [2.24, 2.45) is 0 Å². The van der Waals surface area contributed by atoms with Gasteiger partial charge < -0.3 is 4.74 Å². The summed E-state index contributed by atoms with van der Waals surface area (Å²) in [6.45, 7) is 6.54. The molecule has 3 heteroatoms. The van der Waals surface area contributed by atoms with Crippen LogP contribution in [0.5, 0.6) is 5.88 Å². The van der Waals surface area contributed by atoms with E-state index in [1.807, 2.05) is 12.3 Å². The van der Waals surface area contributed by atoms with Crippen LogP contribution in [0.25, 0.3) is 0 Å². The average molecular weight is 205 g/mol. The molecule has 0 saturated carbocycles. The number of carbonyl (C=O) groups is 1. The highest BCUT2D eigenvalue weighted by molar-refractivity contribution is 5.84. The molecule has 2 heterocycles. The van der Waals surface area contributed by atoms with Gasteiger partial charge in [0.1, 0.15) is 6.61 Å². The van der Waals surface area contributed by atoms with Gasteiger partial charge in [-0.15, -0.1) is 0 Å². The Balaban J connectivity index is 2.41. The summed E-state index contributed by atoms with van der Waals surface area (Å²) in [6.07, 6.45) is 2.28. The van der Waals surface area contributed by atoms with Gasteiger partial charge in [-0.1, -0.05) is 20.8 Å². The van der Waals surface area contributed by atoms with Gasteiger partial charge in [0, 0.05) is 18.2 Å². The van der Waals surface area contributed by atoms with Gasteiger partial charge in [-0.25, -0.2) is 4.98 Å². The van der Waals surface area contributed by atoms with E-state index in [-0.39, 0.29) is 17.8 Å². The molecule has 0 atom stereocenters. The summed E-state index contributed by atoms with van der Waals surface area (Å²) in [6, 6.07) is 2.03. The minimum atomic E-state index is 0.0581. The molecular formula is C12H15NO2. The van der Waals surface area contributed by atoms with Gasteiger partial charge in [-0.05, 0) is 17.0 Å². The number of aromatic nitrogens is 1. The number of rotatable bonds is 0. The molecule has 0 aromatic carbocycles. The Kier molecular flexibility index (Phi) is 2.25. The van der Waals surface area contributed by atoms with Gasteiger partial charge in [0.25, 0.3) is 0 Å². The summed E-state index contributed by atoms with van der Waals surface area (Å²) >= 11 is 0. The number of hydrogen-bond acceptors (Lipinski definition) is 3. The molecule has 0 fully saturated rings. The second-order valence-electron chi connectivity index (χ2n) is 4.94. The Morgan fingerprint density at radius 3 is 2.80 bits per heavy atom. The van der Waals surface area contributed by atoms with Gasteiger partial charge in [0.05, 0.1) is 0 Å². The zero-order valence-electron chi connectivity index (χ0n) is 9.33. The molecular weight excluding hydrogens is 190 g/mol. The third kappa shape index (κ3) is 2.01. The smallest absolute Gasteiger partial charge is 0.217 e. The van der Waals surface area contributed by atoms with Crippen molar-refractivity contribution in [3.8, 4) is 5.88 Å². The second kappa shape index (κ2) is 3.33. The van der Waals surface area contributed by atoms with E-state index in [1.54, 1.807) is 0 Å². The van der Waals surface area contributed by atoms with Gasteiger partial charge in [-0.2, -0.15) is 0 Å². The Hall–Kier alpha value is -1.38. The first-order valence-corrected chi connectivity index (χ1v) is 5.11. The van der Waals surface area contributed by atoms with Crippen molar-refractivity contribution in [1.29, 1.82) is 0 Å². The van der Waals surface area contributed by atoms with Crippen LogP contribution in [0.1, 0.15) is 31.9 Å². The Bertz CT molecular complexity index is 405. The molecule has 1 aromatic heterocycles. The third-order valence-corrected chi connectivity index (χ3v) is 2.55. The molecule has 3 nitrogen and oxygen atoms in total. The maximum absolute atomic E-state index is 11.2. The molecule has 0 aliphatic carbocycles. The van der Waals surface area contributed by atoms with Crippen LogP contribution in [-0.2, 0) is 16.6 Å². The molecule has 0 N–H and O–H groups in total. The van der Waals surface area contributed by atoms with Crippen LogP contribution in [0.15, 0.2) is 12.3 Å². The number of fused-ring (bicyclic) bond motifs is 1. The predicted molar refractivity (Wildman–Crippen MR) is 57.1 cm³/mol. The van der Waals surface area contributed by atoms with E-state index in [0.717, 1.165) is 11.1 Å². The van der Waals surface area contributed by atoms with Crippen molar-refractivity contribution in [1.82, 2.24) is 4.98 Å². The zero-order valence-corrected chi connectivity index (χ0v) is 9.33. The number of Topliss-reactive ketones (excluding diaryl/α,β-unsaturated/α-hetero) is 1. The molecule has 1 aliphatic rings. The standard InChI is InChI=1S/C12H15NO2/c1-12(2,3)9-4-8-5-10(14)7-15-11(8)13-6-9/h4,6H,5,7H2,1-3H3. The van der Waals surface area contributed by atoms with Crippen LogP contribution in [0.3, 0.4) is 0 Å². The van der Waals surface area contributed by atoms with Gasteiger partial charge in [0.15, 0.2) is 5.78 Å². The number of ether oxygens (including phenoxy) is 1. The molecule has 0 saturated heterocycles. The van der Waals surface area contributed by atoms with Crippen molar-refractivity contribution in [3.63, 3.8) is 0 Å². The van der Waals surface area contributed by atoms with Gasteiger partial charge >= 0.3 is 0 Å². The van der Waals surface area contributed by atoms with E-state index in [9.17, 15) is 4.79 Å². The highest BCUT2D eigenvalue weighted by Crippen LogP contribution is 2.27. The summed E-state index contributed by atoms with van der Waals surface area (Å²) in [5.41, 5.74) is 2.11. The van der Waals surface area contributed by atoms with E-state index in [4.69, 9.17) is 4.74 Å². The van der Waals surface area contributed by atoms with Gasteiger partial charge in [0.2, 0.25) is 5.88 Å². The first-order chi connectivity index (χ1) is 6.97. The highest BCUT2D eigenvalue weighted by Gasteiger charge is 2.21. The van der Waals surface area contributed by atoms with E-state index >= 15 is 0 Å². The van der Waals surface area contributed by atoms with Crippen molar-refractivity contribution in [2.45, 2.75) is 32.6 Å². The summed E-state index contributed by atoms with van der Waals surface area (Å²) in [4.78, 5) is 15.5. The number of nitrogens with zero attached hydrogens (tertiary/aromatic N) is 1. The highest BCUT2D eigenvalue weighted by atomic mass is 16.5. The van der Waals surface area contributed by atoms with Crippen molar-refractivity contribution < 1.29 is 9.53 Å². The molecule has 0 bridgehead atoms. The molecule has 2 rings (SSSR count). The van der Waals surface area contributed by atoms with Crippen molar-refractivity contribution in [3.05, 3.63) is 23.4 Å². The van der Waals surface area contributed by atoms with Crippen LogP contribution >= 0.6 is 0 Å². The molecule has 1 aromatic rings. The fourth-order valence-corrected chi connectivity index (χ4v) is 1.58. The monoisotopic (exact) mass is 205 g/mol. The van der Waals surface area contributed by atoms with E-state index in [2.05, 4.69) is 25.8 Å². The SMILES string of the molecule is CC(C)(C)c1cnc2c(c1)CC(=O)CO2. The molecule has 1 aliphatic heterocycles. The topological polar surface area (TPSA) is 39.2 Å². The van der Waals surface area contributed by atoms with E-state index in [1.165, 1.54) is 0 Å². The van der Waals surface area contributed by atoms with Crippen LogP contribution in [0, 0.1) is 0 Å². The summed E-state index contributed by atoms with van der Waals surface area (Å²) in [7, 11) is 0. The summed E-state index contributed by atoms with van der Waals surface area (Å²) in [5.74, 6) is 0.734. The van der Waals surface area contributed by atoms with Crippen LogP contribution in [0.4, 0.5) is 0 Å². The normalized spacial score (nSPS) is 15.8. The number of carbonyl (C=O) groups excluding carboxylic acids is 1. The van der Waals surface area contributed by atoms with Gasteiger partial charge in [-0.3, -0.25) is 4.79 Å². The maximum atomic E-state index is 11.2. The maximum Gasteiger partial charge on any atom is 0.217 e. The average Bonchev–Trinajstić information content (AvgIpc) is 2.15. The number of ketones is 1. The van der Waals surface area contributed by atoms with E-state index in [0.29, 0.717) is 12.3 Å². The quantitative estimate of drug-likeness (QED) is 0.649. The first-order valence-electron chi connectivity index (χ1n) is 5.11. The Labute approximate surface area is 89.5 Å². The summed E-state index contributed by atoms with van der Waals surface area (Å²) < 4.78 is 5.24. The lowest BCUT2D eigenvalue weighted by Crippen LogP contribution is -2.22. The third-order valence-electron chi connectivity index (χ3n) is 2.55. The van der Waals surface area contributed by atoms with Crippen LogP contribution < -0.4 is 4.74 Å². The lowest BCUT2D eigenvalue weighted by molar-refractivity contribution is -0.121. The zero-order chi connectivity index (χ0) is 11.1. The summed E-state index contributed by atoms with van der Waals surface area (Å²) in [5, 5.41) is 0. The number of pyridine rings is 1. The largest absolute Gasteiger partial charge is 0.469 e. The van der Waals surface area contributed by atoms with E-state index < -0.39 is 0 Å². The lowest BCUT2D eigenvalue weighted by atomic mass is 9.87. The second-order valence-corrected chi connectivity index (χ2v) is 4.94. The molecule has 80 valence electrons. The minimum absolute atomic E-state index is 0.0581. The van der Waals surface area contributed by atoms with Crippen LogP contribution in [-0.4, -0.2) is 17.4 Å². The van der Waals surface area contributed by atoms with Crippen molar-refractivity contribution >= 4 is 5.78 Å². The Morgan fingerprint density at radius 2 is 2.13 bits per heavy atom. The fraction of sp³-hybridized carbons (Fsp3) is 0.500. The number of hydrogen-bond donors (Lipinski definition) is 0. The van der Waals surface area contributed by atoms with Crippen molar-refractivity contribution in [2.75, 3.05) is 6.61 Å². The minimum Gasteiger partial charge on any atom is -0.469 e. The molecule has 0 amide bonds. The molecule has 0 spiro atoms. The lowest BCUT2D eigenvalue weighted by Gasteiger charge is -2.22. The molecule has 15 heavy (non-hydrogen) atoms. The Morgan fingerprint density at radius 1 is 1.40 bits per heavy atom.